The molecule has 0 spiro atoms. The smallest absolute Gasteiger partial charge is 0.274 e. The molecule has 1 N–H and O–H groups in total. The average molecular weight is 451 g/mol. The van der Waals surface area contributed by atoms with Crippen molar-refractivity contribution in [3.05, 3.63) is 83.0 Å². The van der Waals surface area contributed by atoms with Gasteiger partial charge in [-0.3, -0.25) is 4.79 Å². The lowest BCUT2D eigenvalue weighted by Gasteiger charge is -2.15. The molecule has 146 valence electrons. The molecule has 4 aromatic rings. The molecule has 1 unspecified atom stereocenters. The van der Waals surface area contributed by atoms with Crippen molar-refractivity contribution in [3.63, 3.8) is 0 Å². The van der Waals surface area contributed by atoms with Crippen LogP contribution in [0, 0.1) is 0 Å². The van der Waals surface area contributed by atoms with Crippen molar-refractivity contribution in [2.45, 2.75) is 19.5 Å². The van der Waals surface area contributed by atoms with Gasteiger partial charge in [-0.15, -0.1) is 0 Å². The van der Waals surface area contributed by atoms with Crippen molar-refractivity contribution in [1.82, 2.24) is 20.0 Å². The minimum Gasteiger partial charge on any atom is -0.348 e. The Bertz CT molecular complexity index is 1100. The van der Waals surface area contributed by atoms with Crippen LogP contribution in [0.15, 0.2) is 81.9 Å². The SMILES string of the molecule is CC(NC(=O)Cn1cccc1-c1nc(-c2ccc(Br)cc2)no1)c1ccccc1. The van der Waals surface area contributed by atoms with Crippen molar-refractivity contribution in [3.8, 4) is 23.0 Å². The summed E-state index contributed by atoms with van der Waals surface area (Å²) in [5.74, 6) is 0.783. The third-order valence-electron chi connectivity index (χ3n) is 4.57. The second kappa shape index (κ2) is 8.45. The second-order valence-electron chi connectivity index (χ2n) is 6.65. The highest BCUT2D eigenvalue weighted by atomic mass is 79.9. The second-order valence-corrected chi connectivity index (χ2v) is 7.57. The summed E-state index contributed by atoms with van der Waals surface area (Å²) in [6.07, 6.45) is 1.82. The molecule has 4 rings (SSSR count). The summed E-state index contributed by atoms with van der Waals surface area (Å²) in [5, 5.41) is 7.08. The lowest BCUT2D eigenvalue weighted by atomic mass is 10.1. The number of aromatic nitrogens is 3. The van der Waals surface area contributed by atoms with Crippen LogP contribution in [0.3, 0.4) is 0 Å². The number of nitrogens with one attached hydrogen (secondary N) is 1. The monoisotopic (exact) mass is 450 g/mol. The zero-order valence-corrected chi connectivity index (χ0v) is 17.3. The highest BCUT2D eigenvalue weighted by Gasteiger charge is 2.16. The number of carbonyl (C=O) groups excluding carboxylic acids is 1. The first kappa shape index (κ1) is 19.1. The minimum absolute atomic E-state index is 0.0740. The highest BCUT2D eigenvalue weighted by Crippen LogP contribution is 2.24. The van der Waals surface area contributed by atoms with E-state index in [-0.39, 0.29) is 18.5 Å². The lowest BCUT2D eigenvalue weighted by molar-refractivity contribution is -0.122. The molecule has 0 saturated heterocycles. The fourth-order valence-corrected chi connectivity index (χ4v) is 3.32. The summed E-state index contributed by atoms with van der Waals surface area (Å²) < 4.78 is 8.22. The van der Waals surface area contributed by atoms with Crippen LogP contribution in [0.5, 0.6) is 0 Å². The van der Waals surface area contributed by atoms with E-state index >= 15 is 0 Å². The number of rotatable bonds is 6. The van der Waals surface area contributed by atoms with Gasteiger partial charge in [-0.25, -0.2) is 0 Å². The number of carbonyl (C=O) groups is 1. The van der Waals surface area contributed by atoms with Gasteiger partial charge in [0.15, 0.2) is 0 Å². The largest absolute Gasteiger partial charge is 0.348 e. The lowest BCUT2D eigenvalue weighted by Crippen LogP contribution is -2.30. The van der Waals surface area contributed by atoms with Gasteiger partial charge in [-0.05, 0) is 48.9 Å². The Labute approximate surface area is 176 Å². The summed E-state index contributed by atoms with van der Waals surface area (Å²) in [7, 11) is 0. The van der Waals surface area contributed by atoms with Crippen LogP contribution in [0.2, 0.25) is 0 Å². The maximum atomic E-state index is 12.5. The molecule has 29 heavy (non-hydrogen) atoms. The van der Waals surface area contributed by atoms with E-state index in [9.17, 15) is 4.79 Å². The fourth-order valence-electron chi connectivity index (χ4n) is 3.06. The fraction of sp³-hybridized carbons (Fsp3) is 0.136. The quantitative estimate of drug-likeness (QED) is 0.455. The summed E-state index contributed by atoms with van der Waals surface area (Å²) in [5.41, 5.74) is 2.61. The van der Waals surface area contributed by atoms with Gasteiger partial charge in [0, 0.05) is 16.2 Å². The van der Waals surface area contributed by atoms with Crippen LogP contribution in [0.25, 0.3) is 23.0 Å². The minimum atomic E-state index is -0.0912. The van der Waals surface area contributed by atoms with Crippen LogP contribution in [0.4, 0.5) is 0 Å². The summed E-state index contributed by atoms with van der Waals surface area (Å²) in [6.45, 7) is 2.13. The number of hydrogen-bond donors (Lipinski definition) is 1. The van der Waals surface area contributed by atoms with Gasteiger partial charge in [0.1, 0.15) is 12.2 Å². The molecule has 0 radical (unpaired) electrons. The standard InChI is InChI=1S/C22H19BrN4O2/c1-15(16-6-3-2-4-7-16)24-20(28)14-27-13-5-8-19(27)22-25-21(26-29-22)17-9-11-18(23)12-10-17/h2-13,15H,14H2,1H3,(H,24,28). The highest BCUT2D eigenvalue weighted by molar-refractivity contribution is 9.10. The predicted octanol–water partition coefficient (Wildman–Crippen LogP) is 4.85. The Kier molecular flexibility index (Phi) is 5.57. The third-order valence-corrected chi connectivity index (χ3v) is 5.10. The first-order valence-corrected chi connectivity index (χ1v) is 9.99. The molecule has 1 amide bonds. The van der Waals surface area contributed by atoms with Gasteiger partial charge in [0.2, 0.25) is 11.7 Å². The first-order valence-electron chi connectivity index (χ1n) is 9.19. The summed E-state index contributed by atoms with van der Waals surface area (Å²) >= 11 is 3.41. The van der Waals surface area contributed by atoms with Crippen molar-refractivity contribution < 1.29 is 9.32 Å². The molecule has 7 heteroatoms. The summed E-state index contributed by atoms with van der Waals surface area (Å²) in [4.78, 5) is 17.0. The normalized spacial score (nSPS) is 11.9. The van der Waals surface area contributed by atoms with Gasteiger partial charge < -0.3 is 14.4 Å². The maximum Gasteiger partial charge on any atom is 0.274 e. The topological polar surface area (TPSA) is 73.0 Å². The number of halogens is 1. The molecule has 2 aromatic heterocycles. The van der Waals surface area contributed by atoms with Crippen molar-refractivity contribution in [1.29, 1.82) is 0 Å². The van der Waals surface area contributed by atoms with Crippen molar-refractivity contribution in [2.24, 2.45) is 0 Å². The maximum absolute atomic E-state index is 12.5. The van der Waals surface area contributed by atoms with Crippen LogP contribution in [-0.4, -0.2) is 20.6 Å². The van der Waals surface area contributed by atoms with Gasteiger partial charge in [-0.2, -0.15) is 4.98 Å². The molecule has 2 aromatic carbocycles. The Hall–Kier alpha value is -3.19. The molecular weight excluding hydrogens is 432 g/mol. The predicted molar refractivity (Wildman–Crippen MR) is 114 cm³/mol. The van der Waals surface area contributed by atoms with E-state index in [0.29, 0.717) is 17.4 Å². The number of benzene rings is 2. The number of amides is 1. The Morgan fingerprint density at radius 3 is 2.62 bits per heavy atom. The zero-order valence-electron chi connectivity index (χ0n) is 15.7. The van der Waals surface area contributed by atoms with Crippen LogP contribution in [-0.2, 0) is 11.3 Å². The van der Waals surface area contributed by atoms with Gasteiger partial charge in [-0.1, -0.05) is 51.4 Å². The van der Waals surface area contributed by atoms with E-state index < -0.39 is 0 Å². The average Bonchev–Trinajstić information content (AvgIpc) is 3.38. The van der Waals surface area contributed by atoms with Gasteiger partial charge in [0.25, 0.3) is 5.89 Å². The van der Waals surface area contributed by atoms with E-state index in [1.165, 1.54) is 0 Å². The van der Waals surface area contributed by atoms with E-state index in [0.717, 1.165) is 15.6 Å². The molecule has 6 nitrogen and oxygen atoms in total. The third kappa shape index (κ3) is 4.46. The molecular formula is C22H19BrN4O2. The zero-order chi connectivity index (χ0) is 20.2. The van der Waals surface area contributed by atoms with E-state index in [4.69, 9.17) is 4.52 Å². The van der Waals surface area contributed by atoms with Crippen molar-refractivity contribution in [2.75, 3.05) is 0 Å². The van der Waals surface area contributed by atoms with Gasteiger partial charge >= 0.3 is 0 Å². The molecule has 0 saturated carbocycles. The van der Waals surface area contributed by atoms with Crippen LogP contribution in [0.1, 0.15) is 18.5 Å². The molecule has 0 fully saturated rings. The Morgan fingerprint density at radius 1 is 1.10 bits per heavy atom. The Balaban J connectivity index is 1.47. The Morgan fingerprint density at radius 2 is 1.86 bits per heavy atom. The summed E-state index contributed by atoms with van der Waals surface area (Å²) in [6, 6.07) is 21.2. The van der Waals surface area contributed by atoms with Gasteiger partial charge in [0.05, 0.1) is 6.04 Å². The molecule has 1 atom stereocenters. The number of hydrogen-bond acceptors (Lipinski definition) is 4. The van der Waals surface area contributed by atoms with E-state index in [2.05, 4.69) is 31.4 Å². The molecule has 0 aliphatic rings. The first-order chi connectivity index (χ1) is 14.1. The van der Waals surface area contributed by atoms with E-state index in [1.54, 1.807) is 4.57 Å². The molecule has 0 aliphatic carbocycles. The number of nitrogens with zero attached hydrogens (tertiary/aromatic N) is 3. The molecule has 2 heterocycles. The van der Waals surface area contributed by atoms with Crippen LogP contribution >= 0.6 is 15.9 Å². The van der Waals surface area contributed by atoms with E-state index in [1.807, 2.05) is 79.9 Å². The molecule has 0 aliphatic heterocycles. The molecule has 0 bridgehead atoms. The van der Waals surface area contributed by atoms with Crippen molar-refractivity contribution >= 4 is 21.8 Å². The van der Waals surface area contributed by atoms with Crippen LogP contribution < -0.4 is 5.32 Å².